The molecule has 106 valence electrons. The number of anilines is 2. The van der Waals surface area contributed by atoms with E-state index in [1.807, 2.05) is 12.1 Å². The van der Waals surface area contributed by atoms with Crippen molar-refractivity contribution in [3.8, 4) is 0 Å². The molecule has 0 spiro atoms. The molecular formula is C14H16ClN3OS. The fourth-order valence-corrected chi connectivity index (χ4v) is 2.76. The molecule has 1 aromatic carbocycles. The Bertz CT molecular complexity index is 625. The number of nitrogens with zero attached hydrogens (tertiary/aromatic N) is 1. The van der Waals surface area contributed by atoms with Gasteiger partial charge in [-0.2, -0.15) is 0 Å². The molecule has 0 bridgehead atoms. The van der Waals surface area contributed by atoms with Gasteiger partial charge in [-0.05, 0) is 30.3 Å². The second-order valence-electron chi connectivity index (χ2n) is 4.56. The van der Waals surface area contributed by atoms with Gasteiger partial charge >= 0.3 is 0 Å². The fraction of sp³-hybridized carbons (Fsp3) is 0.214. The number of carbonyl (C=O) groups excluding carboxylic acids is 1. The molecule has 0 aliphatic rings. The first-order valence-electron chi connectivity index (χ1n) is 6.06. The van der Waals surface area contributed by atoms with Gasteiger partial charge in [0.25, 0.3) is 5.91 Å². The van der Waals surface area contributed by atoms with E-state index in [0.29, 0.717) is 17.8 Å². The summed E-state index contributed by atoms with van der Waals surface area (Å²) in [5, 5.41) is 3.23. The largest absolute Gasteiger partial charge is 0.397 e. The van der Waals surface area contributed by atoms with Gasteiger partial charge in [0.05, 0.1) is 15.7 Å². The molecule has 1 aromatic heterocycles. The molecule has 1 heterocycles. The van der Waals surface area contributed by atoms with Crippen molar-refractivity contribution in [2.45, 2.75) is 6.54 Å². The van der Waals surface area contributed by atoms with Gasteiger partial charge in [-0.3, -0.25) is 4.79 Å². The van der Waals surface area contributed by atoms with E-state index in [4.69, 9.17) is 17.3 Å². The summed E-state index contributed by atoms with van der Waals surface area (Å²) in [5.41, 5.74) is 7.90. The second kappa shape index (κ2) is 6.15. The molecule has 0 unspecified atom stereocenters. The van der Waals surface area contributed by atoms with Crippen molar-refractivity contribution < 1.29 is 4.79 Å². The molecule has 0 aliphatic carbocycles. The number of hydrogen-bond donors (Lipinski definition) is 2. The molecule has 4 nitrogen and oxygen atoms in total. The molecule has 20 heavy (non-hydrogen) atoms. The third-order valence-electron chi connectivity index (χ3n) is 2.79. The number of benzene rings is 1. The van der Waals surface area contributed by atoms with Crippen LogP contribution in [0.15, 0.2) is 30.3 Å². The summed E-state index contributed by atoms with van der Waals surface area (Å²) in [6.45, 7) is 0.626. The zero-order valence-electron chi connectivity index (χ0n) is 11.3. The van der Waals surface area contributed by atoms with Crippen LogP contribution in [-0.4, -0.2) is 24.9 Å². The first-order valence-corrected chi connectivity index (χ1v) is 7.26. The number of nitrogens with one attached hydrogen (secondary N) is 1. The summed E-state index contributed by atoms with van der Waals surface area (Å²) in [5.74, 6) is -0.0489. The highest BCUT2D eigenvalue weighted by atomic mass is 35.5. The minimum atomic E-state index is -0.0489. The highest BCUT2D eigenvalue weighted by molar-refractivity contribution is 7.16. The Hall–Kier alpha value is -1.72. The van der Waals surface area contributed by atoms with Gasteiger partial charge in [-0.25, -0.2) is 0 Å². The number of amides is 1. The van der Waals surface area contributed by atoms with Gasteiger partial charge in [0.2, 0.25) is 0 Å². The number of thiophene rings is 1. The van der Waals surface area contributed by atoms with Gasteiger partial charge < -0.3 is 16.0 Å². The predicted molar refractivity (Wildman–Crippen MR) is 85.5 cm³/mol. The van der Waals surface area contributed by atoms with E-state index in [9.17, 15) is 4.79 Å². The Balaban J connectivity index is 2.14. The lowest BCUT2D eigenvalue weighted by molar-refractivity contribution is 0.0827. The Morgan fingerprint density at radius 2 is 2.10 bits per heavy atom. The SMILES string of the molecule is CN(C)C(=O)c1ccc(N)c(NCc2ccc(Cl)s2)c1. The number of halogens is 1. The van der Waals surface area contributed by atoms with Gasteiger partial charge in [0.1, 0.15) is 0 Å². The number of nitrogens with two attached hydrogens (primary N) is 1. The van der Waals surface area contributed by atoms with Crippen molar-refractivity contribution in [1.82, 2.24) is 4.90 Å². The normalized spacial score (nSPS) is 10.3. The molecule has 0 aliphatic heterocycles. The van der Waals surface area contributed by atoms with E-state index < -0.39 is 0 Å². The number of hydrogen-bond acceptors (Lipinski definition) is 4. The molecule has 0 saturated heterocycles. The highest BCUT2D eigenvalue weighted by Gasteiger charge is 2.10. The van der Waals surface area contributed by atoms with E-state index in [1.54, 1.807) is 32.3 Å². The van der Waals surface area contributed by atoms with E-state index in [0.717, 1.165) is 14.9 Å². The lowest BCUT2D eigenvalue weighted by atomic mass is 10.1. The van der Waals surface area contributed by atoms with Crippen molar-refractivity contribution in [3.05, 3.63) is 45.1 Å². The molecule has 0 radical (unpaired) electrons. The summed E-state index contributed by atoms with van der Waals surface area (Å²) >= 11 is 7.41. The quantitative estimate of drug-likeness (QED) is 0.852. The molecule has 0 fully saturated rings. The minimum absolute atomic E-state index is 0.0489. The molecule has 2 aromatic rings. The standard InChI is InChI=1S/C14H16ClN3OS/c1-18(2)14(19)9-3-5-11(16)12(7-9)17-8-10-4-6-13(15)20-10/h3-7,17H,8,16H2,1-2H3. The predicted octanol–water partition coefficient (Wildman–Crippen LogP) is 3.30. The number of carbonyl (C=O) groups is 1. The lowest BCUT2D eigenvalue weighted by Crippen LogP contribution is -2.21. The first kappa shape index (κ1) is 14.7. The van der Waals surface area contributed by atoms with Crippen LogP contribution in [-0.2, 0) is 6.54 Å². The molecule has 6 heteroatoms. The minimum Gasteiger partial charge on any atom is -0.397 e. The Labute approximate surface area is 127 Å². The van der Waals surface area contributed by atoms with Crippen molar-refractivity contribution in [2.75, 3.05) is 25.1 Å². The van der Waals surface area contributed by atoms with Crippen LogP contribution < -0.4 is 11.1 Å². The maximum atomic E-state index is 11.9. The maximum absolute atomic E-state index is 11.9. The molecule has 0 saturated carbocycles. The summed E-state index contributed by atoms with van der Waals surface area (Å²) < 4.78 is 0.756. The van der Waals surface area contributed by atoms with Crippen LogP contribution in [0.4, 0.5) is 11.4 Å². The molecule has 1 amide bonds. The van der Waals surface area contributed by atoms with Crippen molar-refractivity contribution in [2.24, 2.45) is 0 Å². The van der Waals surface area contributed by atoms with Gasteiger partial charge in [0.15, 0.2) is 0 Å². The maximum Gasteiger partial charge on any atom is 0.253 e. The van der Waals surface area contributed by atoms with Crippen LogP contribution in [0.2, 0.25) is 4.34 Å². The molecule has 2 rings (SSSR count). The third kappa shape index (κ3) is 3.43. The van der Waals surface area contributed by atoms with Crippen LogP contribution in [0, 0.1) is 0 Å². The first-order chi connectivity index (χ1) is 9.47. The average molecular weight is 310 g/mol. The van der Waals surface area contributed by atoms with Crippen LogP contribution in [0.1, 0.15) is 15.2 Å². The zero-order chi connectivity index (χ0) is 14.7. The molecular weight excluding hydrogens is 294 g/mol. The number of nitrogen functional groups attached to an aromatic ring is 1. The Morgan fingerprint density at radius 3 is 2.70 bits per heavy atom. The summed E-state index contributed by atoms with van der Waals surface area (Å²) in [4.78, 5) is 14.6. The van der Waals surface area contributed by atoms with Gasteiger partial charge in [-0.1, -0.05) is 11.6 Å². The molecule has 0 atom stereocenters. The molecule has 3 N–H and O–H groups in total. The van der Waals surface area contributed by atoms with Crippen LogP contribution in [0.3, 0.4) is 0 Å². The Kier molecular flexibility index (Phi) is 4.52. The number of rotatable bonds is 4. The monoisotopic (exact) mass is 309 g/mol. The zero-order valence-corrected chi connectivity index (χ0v) is 12.9. The van der Waals surface area contributed by atoms with Crippen LogP contribution in [0.25, 0.3) is 0 Å². The van der Waals surface area contributed by atoms with E-state index in [-0.39, 0.29) is 5.91 Å². The van der Waals surface area contributed by atoms with Crippen molar-refractivity contribution >= 4 is 40.2 Å². The van der Waals surface area contributed by atoms with Crippen LogP contribution in [0.5, 0.6) is 0 Å². The van der Waals surface area contributed by atoms with E-state index in [1.165, 1.54) is 16.2 Å². The Morgan fingerprint density at radius 1 is 1.35 bits per heavy atom. The van der Waals surface area contributed by atoms with Crippen molar-refractivity contribution in [1.29, 1.82) is 0 Å². The van der Waals surface area contributed by atoms with Crippen LogP contribution >= 0.6 is 22.9 Å². The van der Waals surface area contributed by atoms with E-state index >= 15 is 0 Å². The summed E-state index contributed by atoms with van der Waals surface area (Å²) in [7, 11) is 3.44. The average Bonchev–Trinajstić information content (AvgIpc) is 2.82. The third-order valence-corrected chi connectivity index (χ3v) is 4.02. The topological polar surface area (TPSA) is 58.4 Å². The van der Waals surface area contributed by atoms with Gasteiger partial charge in [0, 0.05) is 31.1 Å². The summed E-state index contributed by atoms with van der Waals surface area (Å²) in [6, 6.07) is 9.06. The highest BCUT2D eigenvalue weighted by Crippen LogP contribution is 2.25. The smallest absolute Gasteiger partial charge is 0.253 e. The second-order valence-corrected chi connectivity index (χ2v) is 6.36. The lowest BCUT2D eigenvalue weighted by Gasteiger charge is -2.13. The fourth-order valence-electron chi connectivity index (χ4n) is 1.73. The summed E-state index contributed by atoms with van der Waals surface area (Å²) in [6.07, 6.45) is 0. The van der Waals surface area contributed by atoms with E-state index in [2.05, 4.69) is 5.32 Å². The van der Waals surface area contributed by atoms with Crippen molar-refractivity contribution in [3.63, 3.8) is 0 Å². The van der Waals surface area contributed by atoms with Gasteiger partial charge in [-0.15, -0.1) is 11.3 Å².